The number of hydrogen-bond acceptors (Lipinski definition) is 5. The zero-order valence-corrected chi connectivity index (χ0v) is 13.8. The van der Waals surface area contributed by atoms with Gasteiger partial charge in [0.05, 0.1) is 6.61 Å². The van der Waals surface area contributed by atoms with Gasteiger partial charge in [-0.05, 0) is 19.4 Å². The van der Waals surface area contributed by atoms with Gasteiger partial charge >= 0.3 is 0 Å². The van der Waals surface area contributed by atoms with Gasteiger partial charge in [0.25, 0.3) is 0 Å². The highest BCUT2D eigenvalue weighted by atomic mass is 35.5. The maximum Gasteiger partial charge on any atom is 0.190 e. The highest BCUT2D eigenvalue weighted by Gasteiger charge is 2.71. The lowest BCUT2D eigenvalue weighted by atomic mass is 9.74. The SMILES string of the molecule is CC1(C)O[C@H]2O[C@]3(CC(=O)C3Cl)C(OCc3ccccc3)[C@@H]2O1. The quantitative estimate of drug-likeness (QED) is 0.792. The molecule has 124 valence electrons. The van der Waals surface area contributed by atoms with Crippen LogP contribution in [0.5, 0.6) is 0 Å². The fraction of sp³-hybridized carbons (Fsp3) is 0.588. The molecule has 3 fully saturated rings. The number of carbonyl (C=O) groups excluding carboxylic acids is 1. The topological polar surface area (TPSA) is 54.0 Å². The van der Waals surface area contributed by atoms with Crippen LogP contribution in [0.25, 0.3) is 0 Å². The molecule has 23 heavy (non-hydrogen) atoms. The summed E-state index contributed by atoms with van der Waals surface area (Å²) in [4.78, 5) is 11.7. The monoisotopic (exact) mass is 338 g/mol. The van der Waals surface area contributed by atoms with E-state index in [0.29, 0.717) is 6.61 Å². The summed E-state index contributed by atoms with van der Waals surface area (Å²) in [6.07, 6.45) is -1.14. The van der Waals surface area contributed by atoms with Crippen molar-refractivity contribution < 1.29 is 23.7 Å². The van der Waals surface area contributed by atoms with E-state index in [1.165, 1.54) is 0 Å². The Kier molecular flexibility index (Phi) is 3.55. The van der Waals surface area contributed by atoms with Gasteiger partial charge in [-0.1, -0.05) is 30.3 Å². The molecule has 0 bridgehead atoms. The van der Waals surface area contributed by atoms with Gasteiger partial charge in [-0.25, -0.2) is 0 Å². The number of Topliss-reactive ketones (excluding diaryl/α,β-unsaturated/α-hetero) is 1. The Morgan fingerprint density at radius 1 is 1.22 bits per heavy atom. The number of benzene rings is 1. The molecule has 4 rings (SSSR count). The average Bonchev–Trinajstić information content (AvgIpc) is 2.96. The number of rotatable bonds is 3. The van der Waals surface area contributed by atoms with Crippen molar-refractivity contribution in [1.82, 2.24) is 0 Å². The summed E-state index contributed by atoms with van der Waals surface area (Å²) in [7, 11) is 0. The van der Waals surface area contributed by atoms with Crippen LogP contribution in [0.1, 0.15) is 25.8 Å². The van der Waals surface area contributed by atoms with E-state index < -0.39 is 29.2 Å². The molecule has 0 amide bonds. The van der Waals surface area contributed by atoms with E-state index in [4.69, 9.17) is 30.5 Å². The fourth-order valence-electron chi connectivity index (χ4n) is 3.55. The van der Waals surface area contributed by atoms with Crippen molar-refractivity contribution in [3.8, 4) is 0 Å². The molecular weight excluding hydrogens is 320 g/mol. The number of ketones is 1. The second-order valence-corrected chi connectivity index (χ2v) is 7.20. The maximum absolute atomic E-state index is 11.7. The van der Waals surface area contributed by atoms with Gasteiger partial charge in [-0.2, -0.15) is 0 Å². The van der Waals surface area contributed by atoms with Crippen LogP contribution in [-0.2, 0) is 30.3 Å². The van der Waals surface area contributed by atoms with Crippen molar-refractivity contribution in [2.45, 2.75) is 62.1 Å². The van der Waals surface area contributed by atoms with E-state index in [-0.39, 0.29) is 18.3 Å². The summed E-state index contributed by atoms with van der Waals surface area (Å²) in [6, 6.07) is 9.84. The van der Waals surface area contributed by atoms with E-state index in [1.54, 1.807) is 0 Å². The van der Waals surface area contributed by atoms with Crippen molar-refractivity contribution in [2.75, 3.05) is 0 Å². The zero-order valence-electron chi connectivity index (χ0n) is 13.0. The Hall–Kier alpha value is -0.980. The minimum Gasteiger partial charge on any atom is -0.368 e. The van der Waals surface area contributed by atoms with E-state index in [0.717, 1.165) is 5.56 Å². The molecule has 1 saturated carbocycles. The predicted octanol–water partition coefficient (Wildman–Crippen LogP) is 2.40. The number of ether oxygens (including phenoxy) is 4. The molecule has 5 atom stereocenters. The van der Waals surface area contributed by atoms with E-state index in [2.05, 4.69) is 0 Å². The van der Waals surface area contributed by atoms with Crippen molar-refractivity contribution in [2.24, 2.45) is 0 Å². The van der Waals surface area contributed by atoms with Crippen LogP contribution in [0.4, 0.5) is 0 Å². The molecular formula is C17H19ClO5. The third-order valence-corrected chi connectivity index (χ3v) is 5.25. The summed E-state index contributed by atoms with van der Waals surface area (Å²) in [5.41, 5.74) is 0.195. The predicted molar refractivity (Wildman–Crippen MR) is 81.9 cm³/mol. The molecule has 3 aliphatic rings. The summed E-state index contributed by atoms with van der Waals surface area (Å²) in [5.74, 6) is -0.764. The lowest BCUT2D eigenvalue weighted by Gasteiger charge is -2.45. The van der Waals surface area contributed by atoms with E-state index >= 15 is 0 Å². The van der Waals surface area contributed by atoms with E-state index in [1.807, 2.05) is 44.2 Å². The molecule has 0 radical (unpaired) electrons. The molecule has 2 saturated heterocycles. The molecule has 6 heteroatoms. The average molecular weight is 339 g/mol. The van der Waals surface area contributed by atoms with Gasteiger partial charge in [0.2, 0.25) is 0 Å². The first kappa shape index (κ1) is 15.5. The van der Waals surface area contributed by atoms with Crippen LogP contribution in [0.2, 0.25) is 0 Å². The second-order valence-electron chi connectivity index (χ2n) is 6.76. The lowest BCUT2D eigenvalue weighted by Crippen LogP contribution is -2.64. The summed E-state index contributed by atoms with van der Waals surface area (Å²) in [6.45, 7) is 4.07. The number of carbonyl (C=O) groups is 1. The molecule has 5 nitrogen and oxygen atoms in total. The molecule has 1 spiro atoms. The third kappa shape index (κ3) is 2.42. The van der Waals surface area contributed by atoms with Gasteiger partial charge in [-0.3, -0.25) is 4.79 Å². The maximum atomic E-state index is 11.7. The standard InChI is InChI=1S/C17H19ClO5/c1-16(2)21-12-14(20-9-10-6-4-3-5-7-10)17(23-15(12)22-16)8-11(19)13(17)18/h3-7,12-15H,8-9H2,1-2H3/t12-,13?,14?,15-,17-/m0/s1. The van der Waals surface area contributed by atoms with Crippen LogP contribution in [0, 0.1) is 0 Å². The van der Waals surface area contributed by atoms with E-state index in [9.17, 15) is 4.79 Å². The van der Waals surface area contributed by atoms with Crippen molar-refractivity contribution in [1.29, 1.82) is 0 Å². The number of hydrogen-bond donors (Lipinski definition) is 0. The first-order chi connectivity index (χ1) is 10.9. The van der Waals surface area contributed by atoms with Crippen molar-refractivity contribution >= 4 is 17.4 Å². The van der Waals surface area contributed by atoms with Crippen LogP contribution in [-0.4, -0.2) is 41.0 Å². The molecule has 1 aliphatic carbocycles. The summed E-state index contributed by atoms with van der Waals surface area (Å²) in [5, 5.41) is -0.718. The molecule has 2 aliphatic heterocycles. The Bertz CT molecular complexity index is 619. The van der Waals surface area contributed by atoms with Gasteiger partial charge in [-0.15, -0.1) is 11.6 Å². The van der Waals surface area contributed by atoms with Gasteiger partial charge < -0.3 is 18.9 Å². The smallest absolute Gasteiger partial charge is 0.190 e. The third-order valence-electron chi connectivity index (χ3n) is 4.64. The molecule has 2 heterocycles. The second kappa shape index (κ2) is 5.26. The molecule has 0 N–H and O–H groups in total. The number of alkyl halides is 1. The summed E-state index contributed by atoms with van der Waals surface area (Å²) >= 11 is 6.26. The summed E-state index contributed by atoms with van der Waals surface area (Å²) < 4.78 is 23.8. The van der Waals surface area contributed by atoms with Crippen LogP contribution >= 0.6 is 11.6 Å². The molecule has 1 aromatic rings. The Balaban J connectivity index is 1.56. The fourth-order valence-corrected chi connectivity index (χ4v) is 3.88. The first-order valence-electron chi connectivity index (χ1n) is 7.77. The first-order valence-corrected chi connectivity index (χ1v) is 8.21. The highest BCUT2D eigenvalue weighted by molar-refractivity contribution is 6.35. The Labute approximate surface area is 139 Å². The van der Waals surface area contributed by atoms with Crippen LogP contribution in [0.3, 0.4) is 0 Å². The Morgan fingerprint density at radius 2 is 1.96 bits per heavy atom. The minimum absolute atomic E-state index is 0.0285. The number of halogens is 1. The normalized spacial score (nSPS) is 41.1. The van der Waals surface area contributed by atoms with Gasteiger partial charge in [0, 0.05) is 6.42 Å². The van der Waals surface area contributed by atoms with Crippen molar-refractivity contribution in [3.05, 3.63) is 35.9 Å². The van der Waals surface area contributed by atoms with Gasteiger partial charge in [0.15, 0.2) is 17.9 Å². The van der Waals surface area contributed by atoms with Crippen LogP contribution < -0.4 is 0 Å². The molecule has 1 aromatic carbocycles. The highest BCUT2D eigenvalue weighted by Crippen LogP contribution is 2.52. The number of fused-ring (bicyclic) bond motifs is 1. The zero-order chi connectivity index (χ0) is 16.2. The van der Waals surface area contributed by atoms with Gasteiger partial charge in [0.1, 0.15) is 23.2 Å². The van der Waals surface area contributed by atoms with Crippen LogP contribution in [0.15, 0.2) is 30.3 Å². The lowest BCUT2D eigenvalue weighted by molar-refractivity contribution is -0.253. The Morgan fingerprint density at radius 3 is 2.61 bits per heavy atom. The molecule has 0 aromatic heterocycles. The van der Waals surface area contributed by atoms with Crippen molar-refractivity contribution in [3.63, 3.8) is 0 Å². The minimum atomic E-state index is -0.848. The molecule has 2 unspecified atom stereocenters. The largest absolute Gasteiger partial charge is 0.368 e.